The molecule has 2 aromatic heterocycles. The molecule has 0 N–H and O–H groups in total. The second-order valence-corrected chi connectivity index (χ2v) is 10.1. The fourth-order valence-electron chi connectivity index (χ4n) is 5.60. The van der Waals surface area contributed by atoms with Crippen LogP contribution in [0, 0.1) is 20.8 Å². The number of aryl methyl sites for hydroxylation is 3. The van der Waals surface area contributed by atoms with Crippen LogP contribution >= 0.6 is 0 Å². The van der Waals surface area contributed by atoms with Crippen molar-refractivity contribution in [2.45, 2.75) is 26.8 Å². The Bertz CT molecular complexity index is 1460. The Labute approximate surface area is 219 Å². The minimum absolute atomic E-state index is 0.254. The maximum Gasteiger partial charge on any atom is 0.165 e. The maximum atomic E-state index is 4.98. The summed E-state index contributed by atoms with van der Waals surface area (Å²) in [5.74, 6) is 1.12. The summed E-state index contributed by atoms with van der Waals surface area (Å²) in [6.07, 6.45) is 0. The molecule has 3 heterocycles. The number of fused-ring (bicyclic) bond motifs is 1. The molecule has 0 amide bonds. The molecule has 5 aromatic rings. The Morgan fingerprint density at radius 3 is 1.89 bits per heavy atom. The van der Waals surface area contributed by atoms with Crippen LogP contribution in [0.3, 0.4) is 0 Å². The predicted octanol–water partition coefficient (Wildman–Crippen LogP) is 6.23. The summed E-state index contributed by atoms with van der Waals surface area (Å²) in [6.45, 7) is 10.1. The molecule has 5 nitrogen and oxygen atoms in total. The van der Waals surface area contributed by atoms with Crippen molar-refractivity contribution in [1.82, 2.24) is 19.5 Å². The van der Waals surface area contributed by atoms with Gasteiger partial charge in [0.05, 0.1) is 11.7 Å². The molecule has 0 radical (unpaired) electrons. The van der Waals surface area contributed by atoms with Gasteiger partial charge in [0.15, 0.2) is 5.65 Å². The van der Waals surface area contributed by atoms with E-state index in [9.17, 15) is 0 Å². The normalized spacial score (nSPS) is 14.5. The van der Waals surface area contributed by atoms with Crippen LogP contribution in [0.5, 0.6) is 0 Å². The van der Waals surface area contributed by atoms with Gasteiger partial charge in [-0.2, -0.15) is 9.61 Å². The smallest absolute Gasteiger partial charge is 0.165 e. The van der Waals surface area contributed by atoms with E-state index in [1.165, 1.54) is 22.3 Å². The lowest BCUT2D eigenvalue weighted by Gasteiger charge is -2.40. The average molecular weight is 488 g/mol. The topological polar surface area (TPSA) is 36.7 Å². The van der Waals surface area contributed by atoms with E-state index in [1.807, 2.05) is 0 Å². The molecule has 0 atom stereocenters. The molecule has 1 aliphatic rings. The first-order chi connectivity index (χ1) is 18.1. The second-order valence-electron chi connectivity index (χ2n) is 10.1. The number of nitrogens with zero attached hydrogens (tertiary/aromatic N) is 5. The second kappa shape index (κ2) is 9.83. The van der Waals surface area contributed by atoms with Crippen molar-refractivity contribution in [3.8, 4) is 11.1 Å². The zero-order valence-electron chi connectivity index (χ0n) is 21.8. The number of benzene rings is 3. The number of rotatable bonds is 5. The van der Waals surface area contributed by atoms with Crippen molar-refractivity contribution in [3.05, 3.63) is 119 Å². The summed E-state index contributed by atoms with van der Waals surface area (Å²) in [6, 6.07) is 32.9. The van der Waals surface area contributed by atoms with Gasteiger partial charge in [0, 0.05) is 43.5 Å². The first-order valence-corrected chi connectivity index (χ1v) is 13.1. The molecule has 0 unspecified atom stereocenters. The van der Waals surface area contributed by atoms with E-state index >= 15 is 0 Å². The highest BCUT2D eigenvalue weighted by Crippen LogP contribution is 2.33. The zero-order chi connectivity index (χ0) is 25.4. The van der Waals surface area contributed by atoms with Gasteiger partial charge >= 0.3 is 0 Å². The van der Waals surface area contributed by atoms with Crippen molar-refractivity contribution in [1.29, 1.82) is 0 Å². The van der Waals surface area contributed by atoms with E-state index in [0.717, 1.165) is 54.6 Å². The molecule has 0 bridgehead atoms. The lowest BCUT2D eigenvalue weighted by molar-refractivity contribution is 0.211. The molecule has 0 spiro atoms. The summed E-state index contributed by atoms with van der Waals surface area (Å²) in [5, 5.41) is 4.98. The van der Waals surface area contributed by atoms with Crippen LogP contribution in [0.4, 0.5) is 5.82 Å². The maximum absolute atomic E-state index is 4.98. The molecule has 186 valence electrons. The van der Waals surface area contributed by atoms with E-state index in [1.54, 1.807) is 0 Å². The van der Waals surface area contributed by atoms with Crippen LogP contribution in [-0.2, 0) is 0 Å². The van der Waals surface area contributed by atoms with Crippen LogP contribution < -0.4 is 4.90 Å². The molecule has 37 heavy (non-hydrogen) atoms. The number of piperazine rings is 1. The highest BCUT2D eigenvalue weighted by molar-refractivity contribution is 5.81. The van der Waals surface area contributed by atoms with Gasteiger partial charge in [0.25, 0.3) is 0 Å². The summed E-state index contributed by atoms with van der Waals surface area (Å²) >= 11 is 0. The third-order valence-electron chi connectivity index (χ3n) is 7.45. The SMILES string of the molecule is Cc1ccc(-c2c(C)nn3c(N4CCN(C(c5ccccc5)c5ccccc5)CC4)cc(C)nc23)cc1. The highest BCUT2D eigenvalue weighted by Gasteiger charge is 2.28. The fourth-order valence-corrected chi connectivity index (χ4v) is 5.60. The van der Waals surface area contributed by atoms with Gasteiger partial charge in [-0.15, -0.1) is 0 Å². The molecule has 0 aliphatic carbocycles. The van der Waals surface area contributed by atoms with Crippen LogP contribution in [0.25, 0.3) is 16.8 Å². The van der Waals surface area contributed by atoms with E-state index in [4.69, 9.17) is 10.1 Å². The minimum Gasteiger partial charge on any atom is -0.354 e. The van der Waals surface area contributed by atoms with Gasteiger partial charge in [0.2, 0.25) is 0 Å². The average Bonchev–Trinajstić information content (AvgIpc) is 3.26. The zero-order valence-corrected chi connectivity index (χ0v) is 21.8. The Kier molecular flexibility index (Phi) is 6.23. The number of hydrogen-bond donors (Lipinski definition) is 0. The highest BCUT2D eigenvalue weighted by atomic mass is 15.4. The van der Waals surface area contributed by atoms with Gasteiger partial charge in [-0.25, -0.2) is 4.98 Å². The van der Waals surface area contributed by atoms with E-state index in [0.29, 0.717) is 0 Å². The largest absolute Gasteiger partial charge is 0.354 e. The molecule has 1 fully saturated rings. The molecule has 0 saturated carbocycles. The van der Waals surface area contributed by atoms with Crippen molar-refractivity contribution in [2.24, 2.45) is 0 Å². The van der Waals surface area contributed by atoms with Crippen LogP contribution in [0.15, 0.2) is 91.0 Å². The monoisotopic (exact) mass is 487 g/mol. The fraction of sp³-hybridized carbons (Fsp3) is 0.250. The Morgan fingerprint density at radius 2 is 1.30 bits per heavy atom. The standard InChI is InChI=1S/C32H33N5/c1-23-14-16-26(17-15-23)30-25(3)34-37-29(22-24(2)33-32(30)37)35-18-20-36(21-19-35)31(27-10-6-4-7-11-27)28-12-8-5-9-13-28/h4-17,22,31H,18-21H2,1-3H3. The lowest BCUT2D eigenvalue weighted by Crippen LogP contribution is -2.48. The summed E-state index contributed by atoms with van der Waals surface area (Å²) in [4.78, 5) is 10.0. The van der Waals surface area contributed by atoms with Gasteiger partial charge in [-0.1, -0.05) is 90.5 Å². The Hall–Kier alpha value is -3.96. The molecule has 3 aromatic carbocycles. The third kappa shape index (κ3) is 4.51. The first-order valence-electron chi connectivity index (χ1n) is 13.1. The third-order valence-corrected chi connectivity index (χ3v) is 7.45. The van der Waals surface area contributed by atoms with E-state index in [-0.39, 0.29) is 6.04 Å². The number of aromatic nitrogens is 3. The van der Waals surface area contributed by atoms with E-state index < -0.39 is 0 Å². The van der Waals surface area contributed by atoms with Crippen molar-refractivity contribution in [2.75, 3.05) is 31.1 Å². The molecular formula is C32H33N5. The summed E-state index contributed by atoms with van der Waals surface area (Å²) in [7, 11) is 0. The van der Waals surface area contributed by atoms with Gasteiger partial charge in [-0.05, 0) is 37.5 Å². The molecular weight excluding hydrogens is 454 g/mol. The van der Waals surface area contributed by atoms with Crippen LogP contribution in [-0.4, -0.2) is 45.7 Å². The van der Waals surface area contributed by atoms with E-state index in [2.05, 4.69) is 126 Å². The Balaban J connectivity index is 1.31. The van der Waals surface area contributed by atoms with Gasteiger partial charge in [0.1, 0.15) is 5.82 Å². The molecule has 6 rings (SSSR count). The van der Waals surface area contributed by atoms with Crippen molar-refractivity contribution in [3.63, 3.8) is 0 Å². The van der Waals surface area contributed by atoms with Gasteiger partial charge in [-0.3, -0.25) is 4.90 Å². The van der Waals surface area contributed by atoms with Crippen LogP contribution in [0.2, 0.25) is 0 Å². The number of hydrogen-bond acceptors (Lipinski definition) is 4. The summed E-state index contributed by atoms with van der Waals surface area (Å²) < 4.78 is 2.05. The summed E-state index contributed by atoms with van der Waals surface area (Å²) in [5.41, 5.74) is 9.19. The minimum atomic E-state index is 0.254. The van der Waals surface area contributed by atoms with Crippen LogP contribution in [0.1, 0.15) is 34.1 Å². The quantitative estimate of drug-likeness (QED) is 0.294. The molecule has 5 heteroatoms. The van der Waals surface area contributed by atoms with Gasteiger partial charge < -0.3 is 4.90 Å². The number of anilines is 1. The molecule has 1 aliphatic heterocycles. The predicted molar refractivity (Wildman–Crippen MR) is 151 cm³/mol. The van der Waals surface area contributed by atoms with Crippen molar-refractivity contribution < 1.29 is 0 Å². The lowest BCUT2D eigenvalue weighted by atomic mass is 9.96. The first kappa shape index (κ1) is 23.4. The van der Waals surface area contributed by atoms with Crippen molar-refractivity contribution >= 4 is 11.5 Å². The molecule has 1 saturated heterocycles. The Morgan fingerprint density at radius 1 is 0.703 bits per heavy atom.